The van der Waals surface area contributed by atoms with Gasteiger partial charge in [0, 0.05) is 32.6 Å². The van der Waals surface area contributed by atoms with Gasteiger partial charge in [0.1, 0.15) is 11.6 Å². The molecule has 1 aromatic heterocycles. The molecule has 2 saturated carbocycles. The monoisotopic (exact) mass is 408 g/mol. The van der Waals surface area contributed by atoms with Crippen LogP contribution in [-0.2, 0) is 11.8 Å². The fraction of sp³-hybridized carbons (Fsp3) is 0.429. The second-order valence-electron chi connectivity index (χ2n) is 7.50. The predicted octanol–water partition coefficient (Wildman–Crippen LogP) is 4.97. The number of nitrogens with one attached hydrogen (secondary N) is 1. The molecule has 0 bridgehead atoms. The zero-order valence-electron chi connectivity index (χ0n) is 15.8. The minimum absolute atomic E-state index is 0.145. The molecule has 2 aliphatic carbocycles. The number of rotatable bonds is 3. The number of carbonyl (C=O) groups is 2. The first kappa shape index (κ1) is 20.5. The number of fused-ring (bicyclic) bond motifs is 1. The average molecular weight is 409 g/mol. The van der Waals surface area contributed by atoms with Crippen molar-refractivity contribution in [1.82, 2.24) is 4.57 Å². The molecule has 2 unspecified atom stereocenters. The lowest BCUT2D eigenvalue weighted by Gasteiger charge is -2.10. The third-order valence-corrected chi connectivity index (χ3v) is 6.12. The average Bonchev–Trinajstić information content (AvgIpc) is 3.29. The molecule has 1 heterocycles. The van der Waals surface area contributed by atoms with Crippen molar-refractivity contribution in [3.05, 3.63) is 52.3 Å². The van der Waals surface area contributed by atoms with E-state index in [1.807, 2.05) is 0 Å². The number of benzene rings is 1. The number of carbonyl (C=O) groups excluding carboxylic acids is 2. The van der Waals surface area contributed by atoms with E-state index in [-0.39, 0.29) is 22.7 Å². The van der Waals surface area contributed by atoms with Crippen LogP contribution in [-0.4, -0.2) is 23.7 Å². The van der Waals surface area contributed by atoms with Crippen LogP contribution < -0.4 is 5.32 Å². The highest BCUT2D eigenvalue weighted by Crippen LogP contribution is 2.50. The molecule has 150 valence electrons. The molecular formula is C21H23ClF2N2O2. The summed E-state index contributed by atoms with van der Waals surface area (Å²) in [5.74, 6) is 0.749. The molecule has 0 saturated heterocycles. The number of anilines is 1. The highest BCUT2D eigenvalue weighted by molar-refractivity contribution is 6.31. The molecule has 7 heteroatoms. The van der Waals surface area contributed by atoms with Crippen molar-refractivity contribution in [3.63, 3.8) is 0 Å². The standard InChI is InChI=1S/C14H16FNO2.C7H7ClFN/c1-16-13(7-17)12(6-14(16)15)10-2-8-4-11(18)5-9(8)3-10;1-10-5-2-3-7(9)6(8)4-5/h6-10H,2-5H2,1H3;2-4,10H,1H3. The Morgan fingerprint density at radius 1 is 1.18 bits per heavy atom. The highest BCUT2D eigenvalue weighted by Gasteiger charge is 2.42. The van der Waals surface area contributed by atoms with Crippen LogP contribution in [0.15, 0.2) is 24.3 Å². The number of hydrogen-bond acceptors (Lipinski definition) is 3. The predicted molar refractivity (Wildman–Crippen MR) is 105 cm³/mol. The maximum Gasteiger partial charge on any atom is 0.194 e. The summed E-state index contributed by atoms with van der Waals surface area (Å²) in [5, 5.41) is 2.99. The third-order valence-electron chi connectivity index (χ3n) is 5.83. The minimum atomic E-state index is -0.388. The van der Waals surface area contributed by atoms with E-state index in [9.17, 15) is 18.4 Å². The van der Waals surface area contributed by atoms with Gasteiger partial charge >= 0.3 is 0 Å². The fourth-order valence-electron chi connectivity index (χ4n) is 4.37. The summed E-state index contributed by atoms with van der Waals surface area (Å²) in [6.07, 6.45) is 3.92. The summed E-state index contributed by atoms with van der Waals surface area (Å²) in [5.41, 5.74) is 2.09. The first-order valence-electron chi connectivity index (χ1n) is 9.28. The minimum Gasteiger partial charge on any atom is -0.388 e. The van der Waals surface area contributed by atoms with Crippen molar-refractivity contribution in [3.8, 4) is 0 Å². The topological polar surface area (TPSA) is 51.1 Å². The van der Waals surface area contributed by atoms with Crippen molar-refractivity contribution < 1.29 is 18.4 Å². The second-order valence-corrected chi connectivity index (χ2v) is 7.91. The molecule has 2 atom stereocenters. The van der Waals surface area contributed by atoms with Gasteiger partial charge in [-0.3, -0.25) is 9.59 Å². The van der Waals surface area contributed by atoms with E-state index in [0.717, 1.165) is 30.4 Å². The van der Waals surface area contributed by atoms with Gasteiger partial charge in [-0.15, -0.1) is 0 Å². The lowest BCUT2D eigenvalue weighted by Crippen LogP contribution is -2.03. The van der Waals surface area contributed by atoms with E-state index in [0.29, 0.717) is 36.2 Å². The van der Waals surface area contributed by atoms with Gasteiger partial charge < -0.3 is 9.88 Å². The Kier molecular flexibility index (Phi) is 6.18. The summed E-state index contributed by atoms with van der Waals surface area (Å²) < 4.78 is 27.3. The lowest BCUT2D eigenvalue weighted by atomic mass is 9.95. The normalized spacial score (nSPS) is 23.2. The quantitative estimate of drug-likeness (QED) is 0.729. The molecule has 2 aliphatic rings. The molecule has 0 spiro atoms. The van der Waals surface area contributed by atoms with Crippen molar-refractivity contribution >= 4 is 29.4 Å². The Labute approximate surface area is 167 Å². The van der Waals surface area contributed by atoms with Crippen LogP contribution in [0, 0.1) is 23.6 Å². The number of Topliss-reactive ketones (excluding diaryl/α,β-unsaturated/α-hetero) is 1. The molecule has 2 fully saturated rings. The number of nitrogens with zero attached hydrogens (tertiary/aromatic N) is 1. The Bertz CT molecular complexity index is 881. The maximum atomic E-state index is 13.5. The number of ketones is 1. The van der Waals surface area contributed by atoms with Gasteiger partial charge in [0.05, 0.1) is 10.7 Å². The van der Waals surface area contributed by atoms with Crippen LogP contribution in [0.2, 0.25) is 5.02 Å². The third kappa shape index (κ3) is 4.12. The summed E-state index contributed by atoms with van der Waals surface area (Å²) in [4.78, 5) is 22.4. The van der Waals surface area contributed by atoms with Crippen LogP contribution >= 0.6 is 11.6 Å². The molecule has 1 aromatic carbocycles. The van der Waals surface area contributed by atoms with Crippen molar-refractivity contribution in [2.24, 2.45) is 18.9 Å². The Hall–Kier alpha value is -2.21. The molecule has 0 amide bonds. The van der Waals surface area contributed by atoms with Crippen LogP contribution in [0.3, 0.4) is 0 Å². The van der Waals surface area contributed by atoms with Crippen LogP contribution in [0.4, 0.5) is 14.5 Å². The van der Waals surface area contributed by atoms with E-state index >= 15 is 0 Å². The van der Waals surface area contributed by atoms with Crippen LogP contribution in [0.1, 0.15) is 47.7 Å². The molecule has 2 aromatic rings. The van der Waals surface area contributed by atoms with Gasteiger partial charge in [-0.2, -0.15) is 4.39 Å². The van der Waals surface area contributed by atoms with Crippen molar-refractivity contribution in [1.29, 1.82) is 0 Å². The summed E-state index contributed by atoms with van der Waals surface area (Å²) in [6.45, 7) is 0. The van der Waals surface area contributed by atoms with E-state index in [4.69, 9.17) is 11.6 Å². The molecule has 4 rings (SSSR count). The number of hydrogen-bond donors (Lipinski definition) is 1. The zero-order valence-corrected chi connectivity index (χ0v) is 16.6. The molecule has 0 radical (unpaired) electrons. The summed E-state index contributed by atoms with van der Waals surface area (Å²) >= 11 is 5.48. The second kappa shape index (κ2) is 8.43. The van der Waals surface area contributed by atoms with E-state index in [2.05, 4.69) is 5.32 Å². The number of aldehydes is 1. The molecule has 28 heavy (non-hydrogen) atoms. The van der Waals surface area contributed by atoms with Gasteiger partial charge in [-0.1, -0.05) is 11.6 Å². The van der Waals surface area contributed by atoms with Gasteiger partial charge in [-0.25, -0.2) is 4.39 Å². The van der Waals surface area contributed by atoms with E-state index in [1.54, 1.807) is 20.2 Å². The Morgan fingerprint density at radius 3 is 2.36 bits per heavy atom. The Balaban J connectivity index is 0.000000192. The Morgan fingerprint density at radius 2 is 1.82 bits per heavy atom. The largest absolute Gasteiger partial charge is 0.388 e. The summed E-state index contributed by atoms with van der Waals surface area (Å²) in [7, 11) is 3.32. The van der Waals surface area contributed by atoms with Gasteiger partial charge in [0.25, 0.3) is 0 Å². The smallest absolute Gasteiger partial charge is 0.194 e. The first-order valence-corrected chi connectivity index (χ1v) is 9.66. The maximum absolute atomic E-state index is 13.5. The number of aromatic nitrogens is 1. The van der Waals surface area contributed by atoms with Gasteiger partial charge in [0.15, 0.2) is 12.2 Å². The van der Waals surface area contributed by atoms with Crippen molar-refractivity contribution in [2.75, 3.05) is 12.4 Å². The van der Waals surface area contributed by atoms with E-state index < -0.39 is 0 Å². The van der Waals surface area contributed by atoms with Crippen molar-refractivity contribution in [2.45, 2.75) is 31.6 Å². The SMILES string of the molecule is CNc1ccc(F)c(Cl)c1.Cn1c(F)cc(C2CC3CC(=O)CC3C2)c1C=O. The molecular weight excluding hydrogens is 386 g/mol. The summed E-state index contributed by atoms with van der Waals surface area (Å²) in [6, 6.07) is 5.98. The first-order chi connectivity index (χ1) is 13.3. The van der Waals surface area contributed by atoms with Gasteiger partial charge in [0.2, 0.25) is 0 Å². The fourth-order valence-corrected chi connectivity index (χ4v) is 4.55. The zero-order chi connectivity index (χ0) is 20.4. The van der Waals surface area contributed by atoms with E-state index in [1.165, 1.54) is 22.8 Å². The van der Waals surface area contributed by atoms with Gasteiger partial charge in [-0.05, 0) is 60.4 Å². The highest BCUT2D eigenvalue weighted by atomic mass is 35.5. The molecule has 1 N–H and O–H groups in total. The number of halogens is 3. The van der Waals surface area contributed by atoms with Crippen LogP contribution in [0.25, 0.3) is 0 Å². The molecule has 0 aliphatic heterocycles. The van der Waals surface area contributed by atoms with Crippen LogP contribution in [0.5, 0.6) is 0 Å². The lowest BCUT2D eigenvalue weighted by molar-refractivity contribution is -0.117. The molecule has 4 nitrogen and oxygen atoms in total.